The molecule has 0 N–H and O–H groups in total. The normalized spacial score (nSPS) is 26.6. The third-order valence-electron chi connectivity index (χ3n) is 5.21. The van der Waals surface area contributed by atoms with E-state index in [1.165, 1.54) is 6.42 Å². The van der Waals surface area contributed by atoms with Crippen molar-refractivity contribution in [2.75, 3.05) is 26.2 Å². The Morgan fingerprint density at radius 1 is 1.13 bits per heavy atom. The van der Waals surface area contributed by atoms with Crippen molar-refractivity contribution < 1.29 is 8.42 Å². The predicted molar refractivity (Wildman–Crippen MR) is 93.6 cm³/mol. The van der Waals surface area contributed by atoms with Gasteiger partial charge in [-0.05, 0) is 37.3 Å². The zero-order valence-corrected chi connectivity index (χ0v) is 15.1. The summed E-state index contributed by atoms with van der Waals surface area (Å²) >= 11 is 0. The monoisotopic (exact) mass is 336 g/mol. The van der Waals surface area contributed by atoms with Crippen LogP contribution in [0, 0.1) is 5.92 Å². The van der Waals surface area contributed by atoms with Crippen molar-refractivity contribution in [3.63, 3.8) is 0 Å². The molecule has 128 valence electrons. The van der Waals surface area contributed by atoms with E-state index in [4.69, 9.17) is 0 Å². The topological polar surface area (TPSA) is 40.6 Å². The molecule has 2 aliphatic heterocycles. The number of hydrogen-bond donors (Lipinski definition) is 0. The molecular formula is C18H28N2O2S. The largest absolute Gasteiger partial charge is 0.296 e. The quantitative estimate of drug-likeness (QED) is 0.830. The van der Waals surface area contributed by atoms with Gasteiger partial charge < -0.3 is 0 Å². The van der Waals surface area contributed by atoms with Gasteiger partial charge in [-0.3, -0.25) is 4.90 Å². The fourth-order valence-electron chi connectivity index (χ4n) is 4.11. The average molecular weight is 337 g/mol. The number of sulfonamides is 1. The summed E-state index contributed by atoms with van der Waals surface area (Å²) in [6, 6.07) is 9.51. The highest BCUT2D eigenvalue weighted by molar-refractivity contribution is 7.88. The fourth-order valence-corrected chi connectivity index (χ4v) is 5.72. The van der Waals surface area contributed by atoms with Gasteiger partial charge >= 0.3 is 0 Å². The fraction of sp³-hybridized carbons (Fsp3) is 0.667. The van der Waals surface area contributed by atoms with E-state index in [0.29, 0.717) is 19.0 Å². The van der Waals surface area contributed by atoms with Crippen LogP contribution in [0.4, 0.5) is 0 Å². The van der Waals surface area contributed by atoms with Gasteiger partial charge in [0.25, 0.3) is 0 Å². The Balaban J connectivity index is 1.71. The maximum absolute atomic E-state index is 12.8. The standard InChI is InChI=1S/C18H28N2O2S/c1-16(2)13-19-11-6-9-18(19)10-12-20(15-18)23(21,22)14-17-7-4-3-5-8-17/h3-5,7-8,16H,6,9-15H2,1-2H3/t18-/m1/s1. The van der Waals surface area contributed by atoms with E-state index in [-0.39, 0.29) is 11.3 Å². The SMILES string of the molecule is CC(C)CN1CCC[C@]12CCN(S(=O)(=O)Cc1ccccc1)C2. The lowest BCUT2D eigenvalue weighted by Crippen LogP contribution is -2.48. The summed E-state index contributed by atoms with van der Waals surface area (Å²) in [6.07, 6.45) is 3.31. The molecule has 5 heteroatoms. The number of likely N-dealkylation sites (tertiary alicyclic amines) is 1. The van der Waals surface area contributed by atoms with Crippen molar-refractivity contribution in [2.24, 2.45) is 5.92 Å². The van der Waals surface area contributed by atoms with Gasteiger partial charge in [-0.15, -0.1) is 0 Å². The molecule has 0 aliphatic carbocycles. The van der Waals surface area contributed by atoms with E-state index >= 15 is 0 Å². The summed E-state index contributed by atoms with van der Waals surface area (Å²) in [5, 5.41) is 0. The zero-order chi connectivity index (χ0) is 16.5. The van der Waals surface area contributed by atoms with E-state index in [2.05, 4.69) is 18.7 Å². The third kappa shape index (κ3) is 3.62. The van der Waals surface area contributed by atoms with E-state index < -0.39 is 10.0 Å². The van der Waals surface area contributed by atoms with Crippen molar-refractivity contribution in [3.8, 4) is 0 Å². The second-order valence-corrected chi connectivity index (χ2v) is 9.46. The van der Waals surface area contributed by atoms with Crippen molar-refractivity contribution in [3.05, 3.63) is 35.9 Å². The Bertz CT molecular complexity index is 630. The predicted octanol–water partition coefficient (Wildman–Crippen LogP) is 2.71. The number of benzene rings is 1. The van der Waals surface area contributed by atoms with Gasteiger partial charge in [0, 0.05) is 25.2 Å². The minimum Gasteiger partial charge on any atom is -0.296 e. The Hall–Kier alpha value is -0.910. The molecule has 2 aliphatic rings. The van der Waals surface area contributed by atoms with Crippen LogP contribution in [0.5, 0.6) is 0 Å². The van der Waals surface area contributed by atoms with Crippen molar-refractivity contribution in [2.45, 2.75) is 44.4 Å². The van der Waals surface area contributed by atoms with Gasteiger partial charge in [-0.25, -0.2) is 8.42 Å². The maximum atomic E-state index is 12.8. The smallest absolute Gasteiger partial charge is 0.218 e. The van der Waals surface area contributed by atoms with Gasteiger partial charge in [0.1, 0.15) is 0 Å². The number of hydrogen-bond acceptors (Lipinski definition) is 3. The van der Waals surface area contributed by atoms with Crippen molar-refractivity contribution in [1.29, 1.82) is 0 Å². The summed E-state index contributed by atoms with van der Waals surface area (Å²) in [5.74, 6) is 0.744. The molecule has 2 fully saturated rings. The molecule has 0 radical (unpaired) electrons. The molecule has 1 atom stereocenters. The van der Waals surface area contributed by atoms with Crippen LogP contribution in [0.25, 0.3) is 0 Å². The van der Waals surface area contributed by atoms with Gasteiger partial charge in [-0.1, -0.05) is 44.2 Å². The second-order valence-electron chi connectivity index (χ2n) is 7.49. The highest BCUT2D eigenvalue weighted by Gasteiger charge is 2.48. The Morgan fingerprint density at radius 2 is 1.87 bits per heavy atom. The molecule has 2 saturated heterocycles. The third-order valence-corrected chi connectivity index (χ3v) is 7.01. The first-order valence-electron chi connectivity index (χ1n) is 8.68. The molecule has 23 heavy (non-hydrogen) atoms. The van der Waals surface area contributed by atoms with Gasteiger partial charge in [0.2, 0.25) is 10.0 Å². The lowest BCUT2D eigenvalue weighted by atomic mass is 9.94. The molecule has 1 aromatic carbocycles. The summed E-state index contributed by atoms with van der Waals surface area (Å²) in [6.45, 7) is 8.02. The summed E-state index contributed by atoms with van der Waals surface area (Å²) < 4.78 is 27.3. The lowest BCUT2D eigenvalue weighted by Gasteiger charge is -2.36. The molecule has 3 rings (SSSR count). The summed E-state index contributed by atoms with van der Waals surface area (Å²) in [5.41, 5.74) is 0.965. The Labute approximate surface area is 140 Å². The van der Waals surface area contributed by atoms with Gasteiger partial charge in [-0.2, -0.15) is 4.31 Å². The molecule has 1 spiro atoms. The first-order chi connectivity index (χ1) is 10.9. The highest BCUT2D eigenvalue weighted by atomic mass is 32.2. The molecule has 0 saturated carbocycles. The van der Waals surface area contributed by atoms with Crippen LogP contribution in [-0.4, -0.2) is 49.3 Å². The minimum atomic E-state index is -3.22. The van der Waals surface area contributed by atoms with E-state index in [1.54, 1.807) is 4.31 Å². The molecule has 4 nitrogen and oxygen atoms in total. The highest BCUT2D eigenvalue weighted by Crippen LogP contribution is 2.39. The summed E-state index contributed by atoms with van der Waals surface area (Å²) in [7, 11) is -3.22. The van der Waals surface area contributed by atoms with E-state index in [9.17, 15) is 8.42 Å². The molecule has 0 aromatic heterocycles. The molecule has 0 unspecified atom stereocenters. The molecule has 0 amide bonds. The van der Waals surface area contributed by atoms with Crippen LogP contribution in [0.3, 0.4) is 0 Å². The first-order valence-corrected chi connectivity index (χ1v) is 10.3. The Kier molecular flexibility index (Phi) is 4.81. The molecule has 1 aromatic rings. The summed E-state index contributed by atoms with van der Waals surface area (Å²) in [4.78, 5) is 2.55. The van der Waals surface area contributed by atoms with Crippen LogP contribution in [0.15, 0.2) is 30.3 Å². The molecular weight excluding hydrogens is 308 g/mol. The van der Waals surface area contributed by atoms with Crippen LogP contribution in [0.1, 0.15) is 38.7 Å². The first kappa shape index (κ1) is 16.9. The van der Waals surface area contributed by atoms with Crippen LogP contribution in [0.2, 0.25) is 0 Å². The minimum absolute atomic E-state index is 0.0913. The van der Waals surface area contributed by atoms with Crippen LogP contribution < -0.4 is 0 Å². The van der Waals surface area contributed by atoms with Gasteiger partial charge in [0.05, 0.1) is 5.75 Å². The zero-order valence-electron chi connectivity index (χ0n) is 14.2. The Morgan fingerprint density at radius 3 is 2.57 bits per heavy atom. The van der Waals surface area contributed by atoms with E-state index in [0.717, 1.165) is 31.5 Å². The molecule has 2 heterocycles. The number of nitrogens with zero attached hydrogens (tertiary/aromatic N) is 2. The van der Waals surface area contributed by atoms with Crippen molar-refractivity contribution in [1.82, 2.24) is 9.21 Å². The molecule has 0 bridgehead atoms. The second kappa shape index (κ2) is 6.54. The number of rotatable bonds is 5. The van der Waals surface area contributed by atoms with Crippen molar-refractivity contribution >= 4 is 10.0 Å². The van der Waals surface area contributed by atoms with E-state index in [1.807, 2.05) is 30.3 Å². The van der Waals surface area contributed by atoms with Crippen LogP contribution >= 0.6 is 0 Å². The average Bonchev–Trinajstić information content (AvgIpc) is 3.08. The lowest BCUT2D eigenvalue weighted by molar-refractivity contribution is 0.134. The van der Waals surface area contributed by atoms with Crippen LogP contribution in [-0.2, 0) is 15.8 Å². The van der Waals surface area contributed by atoms with Gasteiger partial charge in [0.15, 0.2) is 0 Å². The maximum Gasteiger partial charge on any atom is 0.218 e.